The molecule has 13 heavy (non-hydrogen) atoms. The molecule has 1 aromatic rings. The molecule has 5 heteroatoms. The number of ether oxygens (including phenoxy) is 1. The van der Waals surface area contributed by atoms with Gasteiger partial charge in [-0.25, -0.2) is 4.68 Å². The molecule has 0 amide bonds. The maximum atomic E-state index is 10.3. The van der Waals surface area contributed by atoms with Gasteiger partial charge in [-0.1, -0.05) is 5.21 Å². The molecule has 0 spiro atoms. The molecule has 0 saturated carbocycles. The SMILES string of the molecule is COC(C)(C)Cn1cc(C=O)nn1. The summed E-state index contributed by atoms with van der Waals surface area (Å²) in [5.74, 6) is 0. The highest BCUT2D eigenvalue weighted by molar-refractivity contribution is 5.70. The van der Waals surface area contributed by atoms with E-state index in [1.54, 1.807) is 18.0 Å². The summed E-state index contributed by atoms with van der Waals surface area (Å²) in [5, 5.41) is 7.42. The maximum absolute atomic E-state index is 10.3. The molecule has 1 heterocycles. The molecule has 0 fully saturated rings. The van der Waals surface area contributed by atoms with Gasteiger partial charge >= 0.3 is 0 Å². The van der Waals surface area contributed by atoms with Crippen molar-refractivity contribution in [3.05, 3.63) is 11.9 Å². The molecule has 0 saturated heterocycles. The zero-order valence-corrected chi connectivity index (χ0v) is 8.02. The van der Waals surface area contributed by atoms with E-state index in [2.05, 4.69) is 10.3 Å². The van der Waals surface area contributed by atoms with Crippen LogP contribution in [0, 0.1) is 0 Å². The average molecular weight is 183 g/mol. The summed E-state index contributed by atoms with van der Waals surface area (Å²) in [7, 11) is 1.64. The van der Waals surface area contributed by atoms with Crippen molar-refractivity contribution in [1.82, 2.24) is 15.0 Å². The number of aldehydes is 1. The molecule has 0 N–H and O–H groups in total. The zero-order valence-electron chi connectivity index (χ0n) is 8.02. The molecule has 0 aliphatic heterocycles. The fraction of sp³-hybridized carbons (Fsp3) is 0.625. The fourth-order valence-electron chi connectivity index (χ4n) is 0.899. The number of methoxy groups -OCH3 is 1. The van der Waals surface area contributed by atoms with Crippen LogP contribution in [0.4, 0.5) is 0 Å². The van der Waals surface area contributed by atoms with Crippen molar-refractivity contribution >= 4 is 6.29 Å². The lowest BCUT2D eigenvalue weighted by atomic mass is 10.1. The largest absolute Gasteiger partial charge is 0.377 e. The van der Waals surface area contributed by atoms with Crippen LogP contribution in [0.2, 0.25) is 0 Å². The smallest absolute Gasteiger partial charge is 0.171 e. The Balaban J connectivity index is 2.69. The minimum absolute atomic E-state index is 0.298. The van der Waals surface area contributed by atoms with Crippen LogP contribution in [0.1, 0.15) is 24.3 Å². The highest BCUT2D eigenvalue weighted by Crippen LogP contribution is 2.09. The van der Waals surface area contributed by atoms with Crippen LogP contribution in [0.15, 0.2) is 6.20 Å². The molecule has 1 aromatic heterocycles. The van der Waals surface area contributed by atoms with Crippen LogP contribution < -0.4 is 0 Å². The van der Waals surface area contributed by atoms with Gasteiger partial charge < -0.3 is 4.74 Å². The topological polar surface area (TPSA) is 57.0 Å². The van der Waals surface area contributed by atoms with Crippen molar-refractivity contribution in [2.75, 3.05) is 7.11 Å². The van der Waals surface area contributed by atoms with E-state index >= 15 is 0 Å². The highest BCUT2D eigenvalue weighted by atomic mass is 16.5. The van der Waals surface area contributed by atoms with Crippen LogP contribution in [-0.4, -0.2) is 34.0 Å². The van der Waals surface area contributed by atoms with E-state index < -0.39 is 0 Å². The minimum atomic E-state index is -0.298. The zero-order chi connectivity index (χ0) is 9.90. The first-order chi connectivity index (χ1) is 6.07. The van der Waals surface area contributed by atoms with Crippen LogP contribution in [0.5, 0.6) is 0 Å². The van der Waals surface area contributed by atoms with E-state index in [-0.39, 0.29) is 5.60 Å². The van der Waals surface area contributed by atoms with Crippen molar-refractivity contribution in [2.24, 2.45) is 0 Å². The molecule has 0 aliphatic rings. The Morgan fingerprint density at radius 3 is 2.85 bits per heavy atom. The first-order valence-electron chi connectivity index (χ1n) is 3.98. The maximum Gasteiger partial charge on any atom is 0.171 e. The lowest BCUT2D eigenvalue weighted by Crippen LogP contribution is -2.29. The Kier molecular flexibility index (Phi) is 2.77. The van der Waals surface area contributed by atoms with Gasteiger partial charge in [-0.3, -0.25) is 4.79 Å². The van der Waals surface area contributed by atoms with E-state index in [1.807, 2.05) is 13.8 Å². The van der Waals surface area contributed by atoms with Gasteiger partial charge in [0.25, 0.3) is 0 Å². The standard InChI is InChI=1S/C8H13N3O2/c1-8(2,13-3)6-11-4-7(5-12)9-10-11/h4-5H,6H2,1-3H3. The summed E-state index contributed by atoms with van der Waals surface area (Å²) < 4.78 is 6.80. The van der Waals surface area contributed by atoms with E-state index in [9.17, 15) is 4.79 Å². The second-order valence-corrected chi connectivity index (χ2v) is 3.42. The van der Waals surface area contributed by atoms with Crippen LogP contribution in [0.25, 0.3) is 0 Å². The first kappa shape index (κ1) is 9.85. The number of carbonyl (C=O) groups is 1. The van der Waals surface area contributed by atoms with Crippen LogP contribution in [-0.2, 0) is 11.3 Å². The Morgan fingerprint density at radius 1 is 1.69 bits per heavy atom. The fourth-order valence-corrected chi connectivity index (χ4v) is 0.899. The molecule has 0 radical (unpaired) electrons. The number of carbonyl (C=O) groups excluding carboxylic acids is 1. The molecule has 0 bridgehead atoms. The van der Waals surface area contributed by atoms with Crippen molar-refractivity contribution in [3.63, 3.8) is 0 Å². The van der Waals surface area contributed by atoms with Crippen molar-refractivity contribution in [3.8, 4) is 0 Å². The van der Waals surface area contributed by atoms with Gasteiger partial charge in [-0.05, 0) is 13.8 Å². The number of aromatic nitrogens is 3. The highest BCUT2D eigenvalue weighted by Gasteiger charge is 2.17. The van der Waals surface area contributed by atoms with Gasteiger partial charge in [0, 0.05) is 7.11 Å². The summed E-state index contributed by atoms with van der Waals surface area (Å²) in [4.78, 5) is 10.3. The lowest BCUT2D eigenvalue weighted by Gasteiger charge is -2.21. The van der Waals surface area contributed by atoms with Gasteiger partial charge in [-0.15, -0.1) is 5.10 Å². The predicted molar refractivity (Wildman–Crippen MR) is 46.5 cm³/mol. The quantitative estimate of drug-likeness (QED) is 0.638. The first-order valence-corrected chi connectivity index (χ1v) is 3.98. The summed E-state index contributed by atoms with van der Waals surface area (Å²) in [6.07, 6.45) is 2.26. The molecule has 0 aliphatic carbocycles. The lowest BCUT2D eigenvalue weighted by molar-refractivity contribution is 0.00500. The number of hydrogen-bond donors (Lipinski definition) is 0. The number of nitrogens with zero attached hydrogens (tertiary/aromatic N) is 3. The molecule has 0 atom stereocenters. The van der Waals surface area contributed by atoms with Gasteiger partial charge in [0.2, 0.25) is 0 Å². The third kappa shape index (κ3) is 2.62. The third-order valence-corrected chi connectivity index (χ3v) is 1.77. The number of rotatable bonds is 4. The predicted octanol–water partition coefficient (Wildman–Crippen LogP) is 0.516. The Hall–Kier alpha value is -1.23. The van der Waals surface area contributed by atoms with E-state index in [0.717, 1.165) is 0 Å². The summed E-state index contributed by atoms with van der Waals surface area (Å²) in [6, 6.07) is 0. The van der Waals surface area contributed by atoms with Crippen molar-refractivity contribution in [2.45, 2.75) is 26.0 Å². The van der Waals surface area contributed by atoms with E-state index in [0.29, 0.717) is 18.5 Å². The van der Waals surface area contributed by atoms with Crippen LogP contribution >= 0.6 is 0 Å². The van der Waals surface area contributed by atoms with Gasteiger partial charge in [0.15, 0.2) is 6.29 Å². The van der Waals surface area contributed by atoms with Gasteiger partial charge in [-0.2, -0.15) is 0 Å². The second kappa shape index (κ2) is 3.66. The molecule has 72 valence electrons. The van der Waals surface area contributed by atoms with Gasteiger partial charge in [0.05, 0.1) is 18.3 Å². The Morgan fingerprint density at radius 2 is 2.38 bits per heavy atom. The van der Waals surface area contributed by atoms with Crippen LogP contribution in [0.3, 0.4) is 0 Å². The summed E-state index contributed by atoms with van der Waals surface area (Å²) >= 11 is 0. The van der Waals surface area contributed by atoms with Crippen molar-refractivity contribution in [1.29, 1.82) is 0 Å². The average Bonchev–Trinajstić information content (AvgIpc) is 2.52. The molecule has 5 nitrogen and oxygen atoms in total. The van der Waals surface area contributed by atoms with E-state index in [4.69, 9.17) is 4.74 Å². The Bertz CT molecular complexity index is 293. The minimum Gasteiger partial charge on any atom is -0.377 e. The van der Waals surface area contributed by atoms with E-state index in [1.165, 1.54) is 0 Å². The molecule has 0 aromatic carbocycles. The molecule has 0 unspecified atom stereocenters. The van der Waals surface area contributed by atoms with Crippen molar-refractivity contribution < 1.29 is 9.53 Å². The number of hydrogen-bond acceptors (Lipinski definition) is 4. The normalized spacial score (nSPS) is 11.6. The summed E-state index contributed by atoms with van der Waals surface area (Å²) in [5.41, 5.74) is 0.0420. The molecular formula is C8H13N3O2. The Labute approximate surface area is 76.7 Å². The monoisotopic (exact) mass is 183 g/mol. The second-order valence-electron chi connectivity index (χ2n) is 3.42. The molecular weight excluding hydrogens is 170 g/mol. The molecule has 1 rings (SSSR count). The van der Waals surface area contributed by atoms with Gasteiger partial charge in [0.1, 0.15) is 5.69 Å². The summed E-state index contributed by atoms with van der Waals surface area (Å²) in [6.45, 7) is 4.45. The third-order valence-electron chi connectivity index (χ3n) is 1.77.